The molecule has 24 heavy (non-hydrogen) atoms. The summed E-state index contributed by atoms with van der Waals surface area (Å²) in [6.07, 6.45) is 2.57. The molecule has 0 saturated carbocycles. The summed E-state index contributed by atoms with van der Waals surface area (Å²) < 4.78 is 13.7. The van der Waals surface area contributed by atoms with E-state index in [0.717, 1.165) is 17.5 Å². The first-order chi connectivity index (χ1) is 11.5. The average Bonchev–Trinajstić information content (AvgIpc) is 2.58. The second-order valence-electron chi connectivity index (χ2n) is 5.61. The number of nitrogens with one attached hydrogen (secondary N) is 2. The second-order valence-corrected chi connectivity index (χ2v) is 6.00. The van der Waals surface area contributed by atoms with Crippen LogP contribution in [-0.2, 0) is 6.42 Å². The van der Waals surface area contributed by atoms with Gasteiger partial charge in [0.25, 0.3) is 0 Å². The maximum Gasteiger partial charge on any atom is 0.191 e. The van der Waals surface area contributed by atoms with Crippen molar-refractivity contribution in [1.82, 2.24) is 15.6 Å². The first kappa shape index (κ1) is 18.2. The summed E-state index contributed by atoms with van der Waals surface area (Å²) in [7, 11) is 1.71. The third kappa shape index (κ3) is 5.20. The first-order valence-electron chi connectivity index (χ1n) is 7.83. The van der Waals surface area contributed by atoms with E-state index in [1.807, 2.05) is 19.1 Å². The van der Waals surface area contributed by atoms with Crippen LogP contribution in [0.5, 0.6) is 0 Å². The van der Waals surface area contributed by atoms with Crippen molar-refractivity contribution in [2.24, 2.45) is 4.99 Å². The minimum absolute atomic E-state index is 0.0523. The summed E-state index contributed by atoms with van der Waals surface area (Å²) in [5, 5.41) is 6.99. The zero-order valence-corrected chi connectivity index (χ0v) is 14.9. The van der Waals surface area contributed by atoms with E-state index in [0.29, 0.717) is 23.2 Å². The zero-order valence-electron chi connectivity index (χ0n) is 14.1. The summed E-state index contributed by atoms with van der Waals surface area (Å²) in [4.78, 5) is 8.26. The fourth-order valence-electron chi connectivity index (χ4n) is 2.24. The number of aromatic nitrogens is 1. The van der Waals surface area contributed by atoms with Crippen LogP contribution in [0.4, 0.5) is 4.39 Å². The van der Waals surface area contributed by atoms with Gasteiger partial charge >= 0.3 is 0 Å². The SMILES string of the molecule is CN=C(NCCc1ccc(Cl)nc1)NC(C)c1ccc(C)c(F)c1. The minimum atomic E-state index is -0.195. The second kappa shape index (κ2) is 8.64. The normalized spacial score (nSPS) is 12.8. The molecule has 0 bridgehead atoms. The van der Waals surface area contributed by atoms with Crippen LogP contribution in [0.3, 0.4) is 0 Å². The fourth-order valence-corrected chi connectivity index (χ4v) is 2.35. The number of guanidine groups is 1. The Hall–Kier alpha value is -2.14. The molecule has 0 fully saturated rings. The number of benzene rings is 1. The lowest BCUT2D eigenvalue weighted by Gasteiger charge is -2.18. The molecular weight excluding hydrogens is 327 g/mol. The minimum Gasteiger partial charge on any atom is -0.356 e. The summed E-state index contributed by atoms with van der Waals surface area (Å²) in [6, 6.07) is 8.93. The van der Waals surface area contributed by atoms with Gasteiger partial charge in [0, 0.05) is 19.8 Å². The largest absolute Gasteiger partial charge is 0.356 e. The topological polar surface area (TPSA) is 49.3 Å². The number of halogens is 2. The molecule has 1 atom stereocenters. The van der Waals surface area contributed by atoms with E-state index in [9.17, 15) is 4.39 Å². The van der Waals surface area contributed by atoms with Gasteiger partial charge in [0.2, 0.25) is 0 Å². The Morgan fingerprint density at radius 2 is 2.12 bits per heavy atom. The Balaban J connectivity index is 1.87. The van der Waals surface area contributed by atoms with Crippen LogP contribution >= 0.6 is 11.6 Å². The van der Waals surface area contributed by atoms with Crippen LogP contribution in [0, 0.1) is 12.7 Å². The smallest absolute Gasteiger partial charge is 0.191 e. The molecule has 0 aliphatic carbocycles. The maximum absolute atomic E-state index is 13.7. The van der Waals surface area contributed by atoms with Gasteiger partial charge in [-0.3, -0.25) is 4.99 Å². The monoisotopic (exact) mass is 348 g/mol. The van der Waals surface area contributed by atoms with Crippen molar-refractivity contribution in [3.8, 4) is 0 Å². The van der Waals surface area contributed by atoms with Gasteiger partial charge in [-0.15, -0.1) is 0 Å². The van der Waals surface area contributed by atoms with E-state index >= 15 is 0 Å². The number of nitrogens with zero attached hydrogens (tertiary/aromatic N) is 2. The predicted octanol–water partition coefficient (Wildman–Crippen LogP) is 3.65. The molecule has 128 valence electrons. The molecule has 2 aromatic rings. The molecule has 0 amide bonds. The van der Waals surface area contributed by atoms with Crippen LogP contribution < -0.4 is 10.6 Å². The highest BCUT2D eigenvalue weighted by Gasteiger charge is 2.09. The zero-order chi connectivity index (χ0) is 17.5. The molecule has 1 unspecified atom stereocenters. The summed E-state index contributed by atoms with van der Waals surface area (Å²) in [5.41, 5.74) is 2.61. The Morgan fingerprint density at radius 3 is 2.75 bits per heavy atom. The molecule has 0 aliphatic heterocycles. The number of aliphatic imine (C=N–C) groups is 1. The van der Waals surface area contributed by atoms with Gasteiger partial charge in [-0.25, -0.2) is 9.37 Å². The van der Waals surface area contributed by atoms with Gasteiger partial charge in [-0.05, 0) is 49.1 Å². The molecular formula is C18H22ClFN4. The molecule has 1 aromatic carbocycles. The van der Waals surface area contributed by atoms with Crippen molar-refractivity contribution in [1.29, 1.82) is 0 Å². The Kier molecular flexibility index (Phi) is 6.55. The number of aryl methyl sites for hydroxylation is 1. The quantitative estimate of drug-likeness (QED) is 0.492. The average molecular weight is 349 g/mol. The Labute approximate surface area is 147 Å². The van der Waals surface area contributed by atoms with Crippen LogP contribution in [0.1, 0.15) is 29.7 Å². The van der Waals surface area contributed by atoms with Crippen molar-refractivity contribution in [2.45, 2.75) is 26.3 Å². The van der Waals surface area contributed by atoms with Gasteiger partial charge in [-0.2, -0.15) is 0 Å². The molecule has 0 saturated heterocycles. The Bertz CT molecular complexity index is 701. The summed E-state index contributed by atoms with van der Waals surface area (Å²) in [5.74, 6) is 0.477. The van der Waals surface area contributed by atoms with Crippen molar-refractivity contribution in [3.05, 3.63) is 64.2 Å². The van der Waals surface area contributed by atoms with Crippen molar-refractivity contribution >= 4 is 17.6 Å². The third-order valence-corrected chi connectivity index (χ3v) is 3.99. The first-order valence-corrected chi connectivity index (χ1v) is 8.21. The molecule has 0 radical (unpaired) electrons. The van der Waals surface area contributed by atoms with Crippen LogP contribution in [0.15, 0.2) is 41.5 Å². The molecule has 4 nitrogen and oxygen atoms in total. The van der Waals surface area contributed by atoms with E-state index in [4.69, 9.17) is 11.6 Å². The Morgan fingerprint density at radius 1 is 1.33 bits per heavy atom. The lowest BCUT2D eigenvalue weighted by Crippen LogP contribution is -2.39. The van der Waals surface area contributed by atoms with Gasteiger partial charge < -0.3 is 10.6 Å². The van der Waals surface area contributed by atoms with E-state index in [1.165, 1.54) is 0 Å². The summed E-state index contributed by atoms with van der Waals surface area (Å²) in [6.45, 7) is 4.43. The molecule has 1 heterocycles. The molecule has 1 aromatic heterocycles. The number of hydrogen-bond acceptors (Lipinski definition) is 2. The highest BCUT2D eigenvalue weighted by atomic mass is 35.5. The third-order valence-electron chi connectivity index (χ3n) is 3.77. The van der Waals surface area contributed by atoms with Gasteiger partial charge in [0.15, 0.2) is 5.96 Å². The highest BCUT2D eigenvalue weighted by molar-refractivity contribution is 6.29. The standard InChI is InChI=1S/C18H22ClFN4/c1-12-4-6-15(10-16(12)20)13(2)24-18(21-3)22-9-8-14-5-7-17(19)23-11-14/h4-7,10-11,13H,8-9H2,1-3H3,(H2,21,22,24). The van der Waals surface area contributed by atoms with Gasteiger partial charge in [-0.1, -0.05) is 29.8 Å². The number of rotatable bonds is 5. The number of pyridine rings is 1. The van der Waals surface area contributed by atoms with Crippen molar-refractivity contribution < 1.29 is 4.39 Å². The molecule has 6 heteroatoms. The van der Waals surface area contributed by atoms with E-state index < -0.39 is 0 Å². The predicted molar refractivity (Wildman–Crippen MR) is 97.0 cm³/mol. The van der Waals surface area contributed by atoms with Crippen LogP contribution in [0.25, 0.3) is 0 Å². The highest BCUT2D eigenvalue weighted by Crippen LogP contribution is 2.16. The van der Waals surface area contributed by atoms with E-state index in [2.05, 4.69) is 20.6 Å². The van der Waals surface area contributed by atoms with Gasteiger partial charge in [0.1, 0.15) is 11.0 Å². The van der Waals surface area contributed by atoms with Crippen molar-refractivity contribution in [3.63, 3.8) is 0 Å². The van der Waals surface area contributed by atoms with Crippen molar-refractivity contribution in [2.75, 3.05) is 13.6 Å². The van der Waals surface area contributed by atoms with Crippen LogP contribution in [-0.4, -0.2) is 24.5 Å². The van der Waals surface area contributed by atoms with Gasteiger partial charge in [0.05, 0.1) is 6.04 Å². The van der Waals surface area contributed by atoms with E-state index in [-0.39, 0.29) is 11.9 Å². The maximum atomic E-state index is 13.7. The summed E-state index contributed by atoms with van der Waals surface area (Å²) >= 11 is 5.77. The molecule has 0 spiro atoms. The lowest BCUT2D eigenvalue weighted by atomic mass is 10.1. The number of hydrogen-bond donors (Lipinski definition) is 2. The fraction of sp³-hybridized carbons (Fsp3) is 0.333. The molecule has 2 N–H and O–H groups in total. The molecule has 2 rings (SSSR count). The lowest BCUT2D eigenvalue weighted by molar-refractivity contribution is 0.607. The molecule has 0 aliphatic rings. The van der Waals surface area contributed by atoms with E-state index in [1.54, 1.807) is 38.4 Å². The van der Waals surface area contributed by atoms with Crippen LogP contribution in [0.2, 0.25) is 5.15 Å².